The average molecular weight is 489 g/mol. The van der Waals surface area contributed by atoms with Gasteiger partial charge in [-0.25, -0.2) is 0 Å². The topological polar surface area (TPSA) is 121 Å². The van der Waals surface area contributed by atoms with Crippen LogP contribution < -0.4 is 0 Å². The van der Waals surface area contributed by atoms with Crippen LogP contribution in [0.2, 0.25) is 0 Å². The Bertz CT molecular complexity index is 1550. The number of nitriles is 4. The van der Waals surface area contributed by atoms with Gasteiger partial charge in [-0.2, -0.15) is 21.0 Å². The fourth-order valence-corrected chi connectivity index (χ4v) is 5.38. The second-order valence-corrected chi connectivity index (χ2v) is 9.11. The maximum atomic E-state index is 9.00. The summed E-state index contributed by atoms with van der Waals surface area (Å²) in [7, 11) is 0. The quantitative estimate of drug-likeness (QED) is 0.247. The molecule has 0 saturated carbocycles. The molecule has 174 valence electrons. The minimum absolute atomic E-state index is 0.0395. The summed E-state index contributed by atoms with van der Waals surface area (Å²) in [5, 5.41) is 35.4. The lowest BCUT2D eigenvalue weighted by atomic mass is 10.1. The summed E-state index contributed by atoms with van der Waals surface area (Å²) in [6.45, 7) is 0. The molecule has 36 heavy (non-hydrogen) atoms. The highest BCUT2D eigenvalue weighted by atomic mass is 32.1. The van der Waals surface area contributed by atoms with Crippen LogP contribution in [0, 0.1) is 45.3 Å². The molecular formula is C29H20N4O2S. The summed E-state index contributed by atoms with van der Waals surface area (Å²) < 4.78 is 12.0. The zero-order valence-electron chi connectivity index (χ0n) is 19.3. The number of hydrogen-bond donors (Lipinski definition) is 0. The van der Waals surface area contributed by atoms with Crippen LogP contribution in [-0.2, 0) is 19.3 Å². The predicted molar refractivity (Wildman–Crippen MR) is 137 cm³/mol. The van der Waals surface area contributed by atoms with Crippen LogP contribution in [0.15, 0.2) is 68.6 Å². The molecular weight excluding hydrogens is 468 g/mol. The van der Waals surface area contributed by atoms with E-state index >= 15 is 0 Å². The van der Waals surface area contributed by atoms with Crippen molar-refractivity contribution in [2.75, 3.05) is 0 Å². The van der Waals surface area contributed by atoms with Gasteiger partial charge in [0.2, 0.25) is 0 Å². The van der Waals surface area contributed by atoms with Gasteiger partial charge in [-0.05, 0) is 79.0 Å². The molecule has 3 aromatic heterocycles. The number of hydrogen-bond acceptors (Lipinski definition) is 7. The first kappa shape index (κ1) is 24.3. The number of allylic oxidation sites excluding steroid dienone is 6. The fourth-order valence-electron chi connectivity index (χ4n) is 4.01. The van der Waals surface area contributed by atoms with Gasteiger partial charge in [-0.15, -0.1) is 11.3 Å². The standard InChI is InChI=1S/C29H20N4O2S/c30-15-14-20(17-31)4-1-6-22-10-11-24(34-22)16-28-25-8-3-9-26(25)29(36-28)27-13-12-23(35-27)7-2-5-21(18-32)19-33/h1-2,4-7,10-13H,3,8-9,14,16H2/b6-1+,7-2+,20-4-. The normalized spacial score (nSPS) is 12.7. The van der Waals surface area contributed by atoms with Crippen molar-refractivity contribution < 1.29 is 8.83 Å². The van der Waals surface area contributed by atoms with Crippen LogP contribution in [0.4, 0.5) is 0 Å². The summed E-state index contributed by atoms with van der Waals surface area (Å²) in [4.78, 5) is 2.41. The fraction of sp³-hybridized carbons (Fsp3) is 0.172. The number of nitrogens with zero attached hydrogens (tertiary/aromatic N) is 4. The van der Waals surface area contributed by atoms with E-state index in [-0.39, 0.29) is 12.0 Å². The Labute approximate surface area is 213 Å². The van der Waals surface area contributed by atoms with Gasteiger partial charge in [-0.1, -0.05) is 12.2 Å². The molecule has 0 fully saturated rings. The molecule has 0 amide bonds. The molecule has 3 aromatic rings. The third-order valence-corrected chi connectivity index (χ3v) is 6.95. The van der Waals surface area contributed by atoms with Crippen molar-refractivity contribution in [2.24, 2.45) is 0 Å². The molecule has 0 unspecified atom stereocenters. The first-order chi connectivity index (χ1) is 17.6. The minimum atomic E-state index is 0.0395. The SMILES string of the molecule is N#CC/C(C#N)=C/C=C/c1ccc(Cc2sc(-c3ccc(/C=C/C=C(C#N)C#N)o3)c3c2CCC3)o1. The molecule has 1 aliphatic rings. The lowest BCUT2D eigenvalue weighted by Crippen LogP contribution is -1.86. The largest absolute Gasteiger partial charge is 0.461 e. The van der Waals surface area contributed by atoms with Crippen LogP contribution >= 0.6 is 11.3 Å². The van der Waals surface area contributed by atoms with Crippen LogP contribution in [0.5, 0.6) is 0 Å². The van der Waals surface area contributed by atoms with Crippen molar-refractivity contribution in [1.29, 1.82) is 21.0 Å². The molecule has 1 aliphatic carbocycles. The zero-order chi connectivity index (χ0) is 25.3. The highest BCUT2D eigenvalue weighted by Gasteiger charge is 2.25. The molecule has 4 rings (SSSR count). The summed E-state index contributed by atoms with van der Waals surface area (Å²) >= 11 is 1.73. The maximum Gasteiger partial charge on any atom is 0.145 e. The van der Waals surface area contributed by atoms with E-state index in [1.165, 1.54) is 22.1 Å². The first-order valence-corrected chi connectivity index (χ1v) is 12.1. The number of rotatable bonds is 8. The van der Waals surface area contributed by atoms with Crippen molar-refractivity contribution in [3.05, 3.63) is 93.0 Å². The van der Waals surface area contributed by atoms with Gasteiger partial charge in [0.05, 0.1) is 23.4 Å². The van der Waals surface area contributed by atoms with E-state index < -0.39 is 0 Å². The van der Waals surface area contributed by atoms with Gasteiger partial charge in [0.1, 0.15) is 40.8 Å². The Morgan fingerprint density at radius 2 is 1.58 bits per heavy atom. The van der Waals surface area contributed by atoms with Crippen LogP contribution in [0.25, 0.3) is 22.8 Å². The first-order valence-electron chi connectivity index (χ1n) is 11.3. The molecule has 3 heterocycles. The zero-order valence-corrected chi connectivity index (χ0v) is 20.1. The van der Waals surface area contributed by atoms with Crippen LogP contribution in [0.1, 0.15) is 46.1 Å². The minimum Gasteiger partial charge on any atom is -0.461 e. The predicted octanol–water partition coefficient (Wildman–Crippen LogP) is 7.04. The summed E-state index contributed by atoms with van der Waals surface area (Å²) in [6.07, 6.45) is 13.9. The third kappa shape index (κ3) is 5.63. The van der Waals surface area contributed by atoms with Gasteiger partial charge in [0, 0.05) is 16.9 Å². The Morgan fingerprint density at radius 3 is 2.33 bits per heavy atom. The Kier molecular flexibility index (Phi) is 7.80. The van der Waals surface area contributed by atoms with Crippen molar-refractivity contribution >= 4 is 23.5 Å². The Morgan fingerprint density at radius 1 is 0.861 bits per heavy atom. The second kappa shape index (κ2) is 11.5. The van der Waals surface area contributed by atoms with Crippen LogP contribution in [-0.4, -0.2) is 0 Å². The molecule has 0 spiro atoms. The molecule has 0 N–H and O–H groups in total. The number of thiophene rings is 1. The maximum absolute atomic E-state index is 9.00. The van der Waals surface area contributed by atoms with E-state index in [1.807, 2.05) is 48.5 Å². The van der Waals surface area contributed by atoms with E-state index in [1.54, 1.807) is 41.7 Å². The van der Waals surface area contributed by atoms with E-state index in [4.69, 9.17) is 29.9 Å². The molecule has 0 saturated heterocycles. The van der Waals surface area contributed by atoms with Crippen molar-refractivity contribution in [1.82, 2.24) is 0 Å². The molecule has 0 radical (unpaired) electrons. The Hall–Kier alpha value is -4.82. The van der Waals surface area contributed by atoms with Gasteiger partial charge in [-0.3, -0.25) is 0 Å². The number of fused-ring (bicyclic) bond motifs is 1. The Balaban J connectivity index is 1.51. The molecule has 0 aliphatic heterocycles. The van der Waals surface area contributed by atoms with E-state index in [2.05, 4.69) is 0 Å². The van der Waals surface area contributed by atoms with Crippen molar-refractivity contribution in [3.8, 4) is 34.9 Å². The van der Waals surface area contributed by atoms with Gasteiger partial charge >= 0.3 is 0 Å². The highest BCUT2D eigenvalue weighted by molar-refractivity contribution is 7.15. The molecule has 0 aromatic carbocycles. The summed E-state index contributed by atoms with van der Waals surface area (Å²) in [5.74, 6) is 3.02. The smallest absolute Gasteiger partial charge is 0.145 e. The van der Waals surface area contributed by atoms with Gasteiger partial charge in [0.15, 0.2) is 0 Å². The second-order valence-electron chi connectivity index (χ2n) is 8.01. The molecule has 7 heteroatoms. The third-order valence-electron chi connectivity index (χ3n) is 5.66. The molecule has 6 nitrogen and oxygen atoms in total. The lowest BCUT2D eigenvalue weighted by Gasteiger charge is -1.98. The highest BCUT2D eigenvalue weighted by Crippen LogP contribution is 2.43. The average Bonchev–Trinajstić information content (AvgIpc) is 3.68. The summed E-state index contributed by atoms with van der Waals surface area (Å²) in [6, 6.07) is 15.3. The monoisotopic (exact) mass is 488 g/mol. The van der Waals surface area contributed by atoms with Crippen molar-refractivity contribution in [2.45, 2.75) is 32.1 Å². The van der Waals surface area contributed by atoms with Crippen molar-refractivity contribution in [3.63, 3.8) is 0 Å². The van der Waals surface area contributed by atoms with E-state index in [0.717, 1.165) is 35.7 Å². The van der Waals surface area contributed by atoms with Crippen LogP contribution in [0.3, 0.4) is 0 Å². The van der Waals surface area contributed by atoms with Gasteiger partial charge < -0.3 is 8.83 Å². The molecule has 0 atom stereocenters. The molecule has 0 bridgehead atoms. The van der Waals surface area contributed by atoms with E-state index in [9.17, 15) is 0 Å². The van der Waals surface area contributed by atoms with Gasteiger partial charge in [0.25, 0.3) is 0 Å². The number of furan rings is 2. The summed E-state index contributed by atoms with van der Waals surface area (Å²) in [5.41, 5.74) is 3.17. The lowest BCUT2D eigenvalue weighted by molar-refractivity contribution is 0.513. The van der Waals surface area contributed by atoms with E-state index in [0.29, 0.717) is 23.5 Å².